The number of carbonyl (C=O) groups is 1. The predicted molar refractivity (Wildman–Crippen MR) is 118 cm³/mol. The molecule has 4 rings (SSSR count). The fourth-order valence-corrected chi connectivity index (χ4v) is 6.30. The first-order chi connectivity index (χ1) is 15.5. The van der Waals surface area contributed by atoms with Gasteiger partial charge >= 0.3 is 6.18 Å². The molecule has 1 N–H and O–H groups in total. The van der Waals surface area contributed by atoms with E-state index in [0.29, 0.717) is 32.2 Å². The van der Waals surface area contributed by atoms with E-state index in [9.17, 15) is 26.4 Å². The summed E-state index contributed by atoms with van der Waals surface area (Å²) in [5.74, 6) is 0.128. The van der Waals surface area contributed by atoms with Crippen molar-refractivity contribution >= 4 is 15.9 Å². The van der Waals surface area contributed by atoms with E-state index >= 15 is 0 Å². The van der Waals surface area contributed by atoms with Gasteiger partial charge in [-0.15, -0.1) is 0 Å². The minimum absolute atomic E-state index is 0.0195. The van der Waals surface area contributed by atoms with E-state index in [1.165, 1.54) is 0 Å². The number of alkyl halides is 3. The SMILES string of the molecule is C[C@H](c1ccccc1)N1CC[C@]2(CC[C@@H](NS(=O)(=O)c3ccc(C(F)(F)F)cc3)CC2)C1=O. The molecule has 2 fully saturated rings. The first-order valence-electron chi connectivity index (χ1n) is 11.1. The second-order valence-electron chi connectivity index (χ2n) is 9.03. The molecule has 33 heavy (non-hydrogen) atoms. The zero-order valence-corrected chi connectivity index (χ0v) is 19.1. The number of halogens is 3. The summed E-state index contributed by atoms with van der Waals surface area (Å²) in [5.41, 5.74) is -0.268. The van der Waals surface area contributed by atoms with Crippen LogP contribution in [0.3, 0.4) is 0 Å². The van der Waals surface area contributed by atoms with Gasteiger partial charge in [-0.1, -0.05) is 30.3 Å². The maximum atomic E-state index is 13.3. The minimum atomic E-state index is -4.52. The molecule has 2 aliphatic rings. The molecule has 0 bridgehead atoms. The van der Waals surface area contributed by atoms with Crippen molar-refractivity contribution in [1.29, 1.82) is 0 Å². The van der Waals surface area contributed by atoms with Gasteiger partial charge in [0.05, 0.1) is 21.9 Å². The number of carbonyl (C=O) groups excluding carboxylic acids is 1. The van der Waals surface area contributed by atoms with E-state index in [-0.39, 0.29) is 22.9 Å². The lowest BCUT2D eigenvalue weighted by molar-refractivity contribution is -0.139. The Hall–Kier alpha value is -2.39. The molecule has 0 aromatic heterocycles. The third-order valence-corrected chi connectivity index (χ3v) is 8.59. The number of benzene rings is 2. The summed E-state index contributed by atoms with van der Waals surface area (Å²) in [6, 6.07) is 13.0. The van der Waals surface area contributed by atoms with Crippen molar-refractivity contribution in [2.24, 2.45) is 5.41 Å². The lowest BCUT2D eigenvalue weighted by atomic mass is 9.71. The van der Waals surface area contributed by atoms with E-state index in [4.69, 9.17) is 0 Å². The van der Waals surface area contributed by atoms with Crippen molar-refractivity contribution in [3.63, 3.8) is 0 Å². The normalized spacial score (nSPS) is 24.9. The average Bonchev–Trinajstić information content (AvgIpc) is 3.10. The molecule has 9 heteroatoms. The fraction of sp³-hybridized carbons (Fsp3) is 0.458. The van der Waals surface area contributed by atoms with Crippen molar-refractivity contribution in [1.82, 2.24) is 9.62 Å². The molecular weight excluding hydrogens is 453 g/mol. The van der Waals surface area contributed by atoms with Gasteiger partial charge in [-0.05, 0) is 68.9 Å². The number of nitrogens with one attached hydrogen (secondary N) is 1. The van der Waals surface area contributed by atoms with Gasteiger partial charge in [0.1, 0.15) is 0 Å². The Morgan fingerprint density at radius 1 is 1.00 bits per heavy atom. The van der Waals surface area contributed by atoms with Gasteiger partial charge in [0.25, 0.3) is 0 Å². The van der Waals surface area contributed by atoms with Crippen LogP contribution in [0.5, 0.6) is 0 Å². The van der Waals surface area contributed by atoms with Crippen LogP contribution in [-0.2, 0) is 21.0 Å². The van der Waals surface area contributed by atoms with Gasteiger partial charge < -0.3 is 4.90 Å². The number of rotatable bonds is 5. The highest BCUT2D eigenvalue weighted by Gasteiger charge is 2.49. The number of hydrogen-bond donors (Lipinski definition) is 1. The van der Waals surface area contributed by atoms with Gasteiger partial charge in [0.15, 0.2) is 0 Å². The number of sulfonamides is 1. The van der Waals surface area contributed by atoms with Gasteiger partial charge in [0, 0.05) is 12.6 Å². The summed E-state index contributed by atoms with van der Waals surface area (Å²) in [6.07, 6.45) is -1.57. The topological polar surface area (TPSA) is 66.5 Å². The Balaban J connectivity index is 1.38. The van der Waals surface area contributed by atoms with Gasteiger partial charge in [-0.25, -0.2) is 13.1 Å². The van der Waals surface area contributed by atoms with Crippen LogP contribution in [0.4, 0.5) is 13.2 Å². The molecule has 2 aromatic carbocycles. The predicted octanol–water partition coefficient (Wildman–Crippen LogP) is 4.91. The summed E-state index contributed by atoms with van der Waals surface area (Å²) in [5, 5.41) is 0. The summed E-state index contributed by atoms with van der Waals surface area (Å²) in [4.78, 5) is 15.0. The molecule has 0 radical (unpaired) electrons. The van der Waals surface area contributed by atoms with Crippen LogP contribution in [0.2, 0.25) is 0 Å². The van der Waals surface area contributed by atoms with Gasteiger partial charge in [-0.3, -0.25) is 4.79 Å². The Bertz CT molecular complexity index is 1090. The van der Waals surface area contributed by atoms with Crippen molar-refractivity contribution in [2.75, 3.05) is 6.54 Å². The van der Waals surface area contributed by atoms with Gasteiger partial charge in [0.2, 0.25) is 15.9 Å². The lowest BCUT2D eigenvalue weighted by Gasteiger charge is -2.36. The van der Waals surface area contributed by atoms with E-state index in [2.05, 4.69) is 4.72 Å². The van der Waals surface area contributed by atoms with Crippen LogP contribution in [0, 0.1) is 5.41 Å². The zero-order chi connectivity index (χ0) is 23.9. The quantitative estimate of drug-likeness (QED) is 0.662. The Labute approximate surface area is 192 Å². The van der Waals surface area contributed by atoms with E-state index in [0.717, 1.165) is 36.2 Å². The maximum absolute atomic E-state index is 13.3. The largest absolute Gasteiger partial charge is 0.416 e. The number of likely N-dealkylation sites (tertiary alicyclic amines) is 1. The van der Waals surface area contributed by atoms with Crippen LogP contribution in [0.25, 0.3) is 0 Å². The molecule has 178 valence electrons. The van der Waals surface area contributed by atoms with Crippen LogP contribution < -0.4 is 4.72 Å². The van der Waals surface area contributed by atoms with Crippen LogP contribution >= 0.6 is 0 Å². The first kappa shape index (κ1) is 23.8. The summed E-state index contributed by atoms with van der Waals surface area (Å²) in [6.45, 7) is 2.70. The monoisotopic (exact) mass is 480 g/mol. The molecule has 1 saturated heterocycles. The van der Waals surface area contributed by atoms with E-state index < -0.39 is 27.2 Å². The molecule has 1 heterocycles. The number of hydrogen-bond acceptors (Lipinski definition) is 3. The smallest absolute Gasteiger partial charge is 0.335 e. The molecule has 5 nitrogen and oxygen atoms in total. The Morgan fingerprint density at radius 3 is 2.18 bits per heavy atom. The second kappa shape index (κ2) is 8.76. The Kier molecular flexibility index (Phi) is 6.30. The maximum Gasteiger partial charge on any atom is 0.416 e. The fourth-order valence-electron chi connectivity index (χ4n) is 4.99. The Morgan fingerprint density at radius 2 is 1.61 bits per heavy atom. The van der Waals surface area contributed by atoms with Crippen molar-refractivity contribution < 1.29 is 26.4 Å². The molecule has 1 spiro atoms. The summed E-state index contributed by atoms with van der Waals surface area (Å²) in [7, 11) is -3.94. The van der Waals surface area contributed by atoms with Crippen molar-refractivity contribution in [3.05, 3.63) is 65.7 Å². The third-order valence-electron chi connectivity index (χ3n) is 7.05. The number of amides is 1. The zero-order valence-electron chi connectivity index (χ0n) is 18.3. The molecule has 0 unspecified atom stereocenters. The molecule has 1 amide bonds. The highest BCUT2D eigenvalue weighted by molar-refractivity contribution is 7.89. The molecule has 1 aliphatic carbocycles. The van der Waals surface area contributed by atoms with Gasteiger partial charge in [-0.2, -0.15) is 13.2 Å². The van der Waals surface area contributed by atoms with E-state index in [1.54, 1.807) is 0 Å². The van der Waals surface area contributed by atoms with E-state index in [1.807, 2.05) is 42.2 Å². The summed E-state index contributed by atoms with van der Waals surface area (Å²) < 4.78 is 66.2. The average molecular weight is 481 g/mol. The van der Waals surface area contributed by atoms with Crippen molar-refractivity contribution in [2.45, 2.75) is 62.2 Å². The lowest BCUT2D eigenvalue weighted by Crippen LogP contribution is -2.44. The minimum Gasteiger partial charge on any atom is -0.335 e. The molecule has 2 aromatic rings. The highest BCUT2D eigenvalue weighted by Crippen LogP contribution is 2.47. The third kappa shape index (κ3) is 4.80. The molecular formula is C24H27F3N2O3S. The molecule has 1 aliphatic heterocycles. The van der Waals surface area contributed by atoms with Crippen LogP contribution in [0.15, 0.2) is 59.5 Å². The highest BCUT2D eigenvalue weighted by atomic mass is 32.2. The van der Waals surface area contributed by atoms with Crippen molar-refractivity contribution in [3.8, 4) is 0 Å². The first-order valence-corrected chi connectivity index (χ1v) is 12.6. The van der Waals surface area contributed by atoms with Crippen LogP contribution in [-0.4, -0.2) is 31.8 Å². The molecule has 1 atom stereocenters. The second-order valence-corrected chi connectivity index (χ2v) is 10.7. The molecule has 1 saturated carbocycles. The summed E-state index contributed by atoms with van der Waals surface area (Å²) >= 11 is 0. The van der Waals surface area contributed by atoms with Crippen LogP contribution in [0.1, 0.15) is 56.2 Å². The number of nitrogens with zero attached hydrogens (tertiary/aromatic N) is 1. The standard InChI is InChI=1S/C24H27F3N2O3S/c1-17(18-5-3-2-4-6-18)29-16-15-23(22(29)30)13-11-20(12-14-23)28-33(31,32)21-9-7-19(8-10-21)24(25,26)27/h2-10,17,20,28H,11-16H2,1H3/t17-,20-,23-/m1/s1.